The summed E-state index contributed by atoms with van der Waals surface area (Å²) in [6.07, 6.45) is 0. The van der Waals surface area contributed by atoms with Gasteiger partial charge < -0.3 is 16.2 Å². The SMILES string of the molecule is CC1(C)N=C(N)N=C(N)N1OCCOc1cc(Cl)c(Cl)cc1Cl. The summed E-state index contributed by atoms with van der Waals surface area (Å²) in [5.41, 5.74) is 10.6. The second kappa shape index (κ2) is 7.00. The third kappa shape index (κ3) is 4.32. The summed E-state index contributed by atoms with van der Waals surface area (Å²) in [7, 11) is 0. The Morgan fingerprint density at radius 2 is 1.74 bits per heavy atom. The number of benzene rings is 1. The van der Waals surface area contributed by atoms with E-state index in [1.54, 1.807) is 13.8 Å². The van der Waals surface area contributed by atoms with Gasteiger partial charge in [-0.15, -0.1) is 0 Å². The van der Waals surface area contributed by atoms with E-state index in [4.69, 9.17) is 55.8 Å². The van der Waals surface area contributed by atoms with E-state index >= 15 is 0 Å². The normalized spacial score (nSPS) is 16.8. The van der Waals surface area contributed by atoms with E-state index in [0.717, 1.165) is 0 Å². The molecular weight excluding hydrogens is 365 g/mol. The van der Waals surface area contributed by atoms with Crippen molar-refractivity contribution in [2.24, 2.45) is 21.5 Å². The minimum absolute atomic E-state index is 0.103. The van der Waals surface area contributed by atoms with Crippen molar-refractivity contribution in [1.82, 2.24) is 5.06 Å². The lowest BCUT2D eigenvalue weighted by Crippen LogP contribution is -2.54. The number of hydroxylamine groups is 2. The highest BCUT2D eigenvalue weighted by Gasteiger charge is 2.33. The van der Waals surface area contributed by atoms with Crippen LogP contribution in [0.1, 0.15) is 13.8 Å². The van der Waals surface area contributed by atoms with Crippen molar-refractivity contribution in [3.05, 3.63) is 27.2 Å². The number of halogens is 3. The zero-order valence-electron chi connectivity index (χ0n) is 12.5. The Morgan fingerprint density at radius 3 is 2.39 bits per heavy atom. The fraction of sp³-hybridized carbons (Fsp3) is 0.385. The molecule has 0 aliphatic carbocycles. The molecule has 23 heavy (non-hydrogen) atoms. The van der Waals surface area contributed by atoms with E-state index in [0.29, 0.717) is 20.8 Å². The summed E-state index contributed by atoms with van der Waals surface area (Å²) in [4.78, 5) is 13.6. The van der Waals surface area contributed by atoms with E-state index in [-0.39, 0.29) is 25.1 Å². The third-order valence-corrected chi connectivity index (χ3v) is 3.88. The van der Waals surface area contributed by atoms with Gasteiger partial charge in [-0.1, -0.05) is 34.8 Å². The van der Waals surface area contributed by atoms with Crippen LogP contribution in [-0.2, 0) is 4.84 Å². The first-order valence-electron chi connectivity index (χ1n) is 6.60. The Morgan fingerprint density at radius 1 is 1.09 bits per heavy atom. The van der Waals surface area contributed by atoms with Gasteiger partial charge in [0.1, 0.15) is 19.0 Å². The Bertz CT molecular complexity index is 663. The highest BCUT2D eigenvalue weighted by atomic mass is 35.5. The van der Waals surface area contributed by atoms with E-state index in [9.17, 15) is 0 Å². The maximum absolute atomic E-state index is 6.02. The lowest BCUT2D eigenvalue weighted by Gasteiger charge is -2.36. The number of rotatable bonds is 5. The van der Waals surface area contributed by atoms with E-state index < -0.39 is 5.66 Å². The van der Waals surface area contributed by atoms with Crippen LogP contribution in [0.2, 0.25) is 15.1 Å². The molecule has 10 heteroatoms. The molecule has 126 valence electrons. The lowest BCUT2D eigenvalue weighted by molar-refractivity contribution is -0.161. The zero-order chi connectivity index (χ0) is 17.2. The molecule has 0 spiro atoms. The van der Waals surface area contributed by atoms with Crippen molar-refractivity contribution >= 4 is 46.7 Å². The van der Waals surface area contributed by atoms with Crippen molar-refractivity contribution in [3.8, 4) is 5.75 Å². The molecule has 0 amide bonds. The van der Waals surface area contributed by atoms with Gasteiger partial charge in [0.15, 0.2) is 5.66 Å². The Hall–Kier alpha value is -1.41. The van der Waals surface area contributed by atoms with E-state index in [1.165, 1.54) is 17.2 Å². The van der Waals surface area contributed by atoms with Gasteiger partial charge in [-0.25, -0.2) is 4.99 Å². The molecule has 1 aromatic rings. The standard InChI is InChI=1S/C13H16Cl3N5O2/c1-13(2)20-11(17)19-12(18)21(13)23-4-3-22-10-6-8(15)7(14)5-9(10)16/h5-6H,3-4H2,1-2H3,(H4,17,18,19,20). The summed E-state index contributed by atoms with van der Waals surface area (Å²) in [6, 6.07) is 3.05. The summed E-state index contributed by atoms with van der Waals surface area (Å²) in [5, 5.41) is 2.43. The van der Waals surface area contributed by atoms with Crippen LogP contribution >= 0.6 is 34.8 Å². The van der Waals surface area contributed by atoms with Crippen LogP contribution in [0.15, 0.2) is 22.1 Å². The molecule has 7 nitrogen and oxygen atoms in total. The monoisotopic (exact) mass is 379 g/mol. The first kappa shape index (κ1) is 17.9. The van der Waals surface area contributed by atoms with Gasteiger partial charge in [-0.2, -0.15) is 10.1 Å². The molecule has 0 aromatic heterocycles. The number of ether oxygens (including phenoxy) is 1. The molecule has 0 saturated carbocycles. The molecular formula is C13H16Cl3N5O2. The van der Waals surface area contributed by atoms with Crippen molar-refractivity contribution in [2.45, 2.75) is 19.5 Å². The predicted octanol–water partition coefficient (Wildman–Crippen LogP) is 2.64. The summed E-state index contributed by atoms with van der Waals surface area (Å²) in [6.45, 7) is 3.97. The molecule has 2 rings (SSSR count). The van der Waals surface area contributed by atoms with Crippen LogP contribution in [0.5, 0.6) is 5.75 Å². The average Bonchev–Trinajstić information content (AvgIpc) is 2.41. The number of nitrogens with zero attached hydrogens (tertiary/aromatic N) is 3. The van der Waals surface area contributed by atoms with Crippen LogP contribution in [0.25, 0.3) is 0 Å². The molecule has 1 heterocycles. The second-order valence-electron chi connectivity index (χ2n) is 5.11. The van der Waals surface area contributed by atoms with Crippen molar-refractivity contribution in [2.75, 3.05) is 13.2 Å². The van der Waals surface area contributed by atoms with Gasteiger partial charge in [0.25, 0.3) is 0 Å². The number of aliphatic imine (C=N–C) groups is 2. The molecule has 0 bridgehead atoms. The van der Waals surface area contributed by atoms with Crippen LogP contribution in [-0.4, -0.2) is 35.9 Å². The first-order chi connectivity index (χ1) is 10.7. The van der Waals surface area contributed by atoms with E-state index in [2.05, 4.69) is 9.98 Å². The van der Waals surface area contributed by atoms with Gasteiger partial charge in [-0.3, -0.25) is 4.84 Å². The molecule has 0 unspecified atom stereocenters. The third-order valence-electron chi connectivity index (χ3n) is 2.86. The van der Waals surface area contributed by atoms with Crippen LogP contribution in [0, 0.1) is 0 Å². The first-order valence-corrected chi connectivity index (χ1v) is 7.74. The van der Waals surface area contributed by atoms with Gasteiger partial charge in [-0.05, 0) is 19.9 Å². The highest BCUT2D eigenvalue weighted by molar-refractivity contribution is 6.43. The van der Waals surface area contributed by atoms with E-state index in [1.807, 2.05) is 0 Å². The van der Waals surface area contributed by atoms with Gasteiger partial charge in [0.05, 0.1) is 15.1 Å². The fourth-order valence-corrected chi connectivity index (χ4v) is 2.50. The zero-order valence-corrected chi connectivity index (χ0v) is 14.8. The molecule has 0 radical (unpaired) electrons. The van der Waals surface area contributed by atoms with Crippen molar-refractivity contribution < 1.29 is 9.57 Å². The second-order valence-corrected chi connectivity index (χ2v) is 6.33. The Labute approximate surface area is 148 Å². The topological polar surface area (TPSA) is 98.5 Å². The number of guanidine groups is 2. The minimum Gasteiger partial charge on any atom is -0.489 e. The van der Waals surface area contributed by atoms with Crippen molar-refractivity contribution in [3.63, 3.8) is 0 Å². The Kier molecular flexibility index (Phi) is 5.46. The molecule has 4 N–H and O–H groups in total. The molecule has 0 atom stereocenters. The molecule has 1 aliphatic rings. The maximum Gasteiger partial charge on any atom is 0.226 e. The summed E-state index contributed by atoms with van der Waals surface area (Å²) in [5.74, 6) is 0.632. The van der Waals surface area contributed by atoms with Crippen molar-refractivity contribution in [1.29, 1.82) is 0 Å². The molecule has 0 saturated heterocycles. The number of hydrogen-bond acceptors (Lipinski definition) is 7. The van der Waals surface area contributed by atoms with Gasteiger partial charge in [0.2, 0.25) is 11.9 Å². The lowest BCUT2D eigenvalue weighted by atomic mass is 10.2. The van der Waals surface area contributed by atoms with Gasteiger partial charge >= 0.3 is 0 Å². The smallest absolute Gasteiger partial charge is 0.226 e. The molecule has 0 fully saturated rings. The number of nitrogens with two attached hydrogens (primary N) is 2. The molecule has 1 aromatic carbocycles. The summed E-state index contributed by atoms with van der Waals surface area (Å²) < 4.78 is 5.52. The molecule has 1 aliphatic heterocycles. The highest BCUT2D eigenvalue weighted by Crippen LogP contribution is 2.33. The van der Waals surface area contributed by atoms with Crippen LogP contribution < -0.4 is 16.2 Å². The van der Waals surface area contributed by atoms with Crippen LogP contribution in [0.3, 0.4) is 0 Å². The summed E-state index contributed by atoms with van der Waals surface area (Å²) >= 11 is 17.8. The maximum atomic E-state index is 6.02. The number of hydrogen-bond donors (Lipinski definition) is 2. The fourth-order valence-electron chi connectivity index (χ4n) is 1.91. The Balaban J connectivity index is 1.91. The largest absolute Gasteiger partial charge is 0.489 e. The van der Waals surface area contributed by atoms with Crippen LogP contribution in [0.4, 0.5) is 0 Å². The predicted molar refractivity (Wildman–Crippen MR) is 92.1 cm³/mol. The average molecular weight is 381 g/mol. The minimum atomic E-state index is -0.767. The quantitative estimate of drug-likeness (QED) is 0.604. The van der Waals surface area contributed by atoms with Gasteiger partial charge in [0, 0.05) is 6.07 Å².